The zero-order valence-corrected chi connectivity index (χ0v) is 19.4. The number of nitrogens with one attached hydrogen (secondary N) is 1. The van der Waals surface area contributed by atoms with Crippen LogP contribution in [0.15, 0.2) is 53.1 Å². The molecule has 2 aromatic heterocycles. The lowest BCUT2D eigenvalue weighted by Gasteiger charge is -2.44. The molecule has 0 radical (unpaired) electrons. The van der Waals surface area contributed by atoms with Gasteiger partial charge in [-0.05, 0) is 55.8 Å². The van der Waals surface area contributed by atoms with E-state index in [1.54, 1.807) is 61.1 Å². The molecule has 1 N–H and O–H groups in total. The topological polar surface area (TPSA) is 112 Å². The molecule has 0 aliphatic carbocycles. The first-order valence-corrected chi connectivity index (χ1v) is 11.3. The number of esters is 1. The predicted molar refractivity (Wildman–Crippen MR) is 123 cm³/mol. The first-order valence-electron chi connectivity index (χ1n) is 11.3. The van der Waals surface area contributed by atoms with E-state index in [4.69, 9.17) is 18.6 Å². The van der Waals surface area contributed by atoms with E-state index in [0.717, 1.165) is 5.56 Å². The highest BCUT2D eigenvalue weighted by Gasteiger charge is 2.48. The quantitative estimate of drug-likeness (QED) is 0.519. The summed E-state index contributed by atoms with van der Waals surface area (Å²) in [7, 11) is 0. The summed E-state index contributed by atoms with van der Waals surface area (Å²) in [6.45, 7) is 3.75. The van der Waals surface area contributed by atoms with Crippen LogP contribution in [0.4, 0.5) is 0 Å². The van der Waals surface area contributed by atoms with Gasteiger partial charge < -0.3 is 33.4 Å². The maximum absolute atomic E-state index is 13.7. The first-order chi connectivity index (χ1) is 16.9. The summed E-state index contributed by atoms with van der Waals surface area (Å²) in [5.74, 6) is 0.466. The lowest BCUT2D eigenvalue weighted by Crippen LogP contribution is -2.64. The van der Waals surface area contributed by atoms with Crippen molar-refractivity contribution in [2.45, 2.75) is 32.5 Å². The fraction of sp³-hybridized carbons (Fsp3) is 0.320. The van der Waals surface area contributed by atoms with Crippen LogP contribution in [0, 0.1) is 0 Å². The molecule has 0 bridgehead atoms. The number of rotatable bonds is 7. The van der Waals surface area contributed by atoms with E-state index < -0.39 is 17.4 Å². The van der Waals surface area contributed by atoms with E-state index in [0.29, 0.717) is 28.6 Å². The van der Waals surface area contributed by atoms with Crippen molar-refractivity contribution in [1.29, 1.82) is 0 Å². The van der Waals surface area contributed by atoms with Crippen LogP contribution >= 0.6 is 0 Å². The second-order valence-electron chi connectivity index (χ2n) is 8.51. The van der Waals surface area contributed by atoms with Crippen LogP contribution < -0.4 is 14.8 Å². The van der Waals surface area contributed by atoms with Crippen molar-refractivity contribution in [1.82, 2.24) is 14.8 Å². The van der Waals surface area contributed by atoms with E-state index in [-0.39, 0.29) is 38.9 Å². The molecule has 0 saturated heterocycles. The van der Waals surface area contributed by atoms with Crippen LogP contribution in [0.2, 0.25) is 0 Å². The molecule has 0 unspecified atom stereocenters. The van der Waals surface area contributed by atoms with Gasteiger partial charge >= 0.3 is 5.97 Å². The van der Waals surface area contributed by atoms with Crippen molar-refractivity contribution < 1.29 is 33.0 Å². The van der Waals surface area contributed by atoms with Crippen LogP contribution in [-0.4, -0.2) is 52.7 Å². The number of carbonyl (C=O) groups is 3. The third-order valence-electron chi connectivity index (χ3n) is 6.25. The minimum Gasteiger partial charge on any atom is -0.465 e. The fourth-order valence-electron chi connectivity index (χ4n) is 4.44. The smallest absolute Gasteiger partial charge is 0.325 e. The SMILES string of the molecule is CCOC(=O)CNC(=O)[C@@]1(C)Cn2c(ccc2-c2ccco2)C(=O)N1Cc1ccc2c(c1)OCO2. The molecule has 2 amide bonds. The molecule has 3 aromatic rings. The largest absolute Gasteiger partial charge is 0.465 e. The Morgan fingerprint density at radius 2 is 1.91 bits per heavy atom. The molecule has 0 spiro atoms. The van der Waals surface area contributed by atoms with Crippen molar-refractivity contribution in [3.63, 3.8) is 0 Å². The maximum Gasteiger partial charge on any atom is 0.325 e. The molecule has 2 aliphatic rings. The average Bonchev–Trinajstić information content (AvgIpc) is 3.60. The Labute approximate surface area is 201 Å². The minimum atomic E-state index is -1.31. The van der Waals surface area contributed by atoms with E-state index in [1.807, 2.05) is 6.07 Å². The Hall–Kier alpha value is -4.21. The highest BCUT2D eigenvalue weighted by molar-refractivity contribution is 6.01. The van der Waals surface area contributed by atoms with Gasteiger partial charge in [0.25, 0.3) is 5.91 Å². The molecule has 10 nitrogen and oxygen atoms in total. The number of hydrogen-bond donors (Lipinski definition) is 1. The van der Waals surface area contributed by atoms with E-state index in [9.17, 15) is 14.4 Å². The molecular formula is C25H25N3O7. The zero-order chi connectivity index (χ0) is 24.6. The van der Waals surface area contributed by atoms with Crippen LogP contribution in [0.25, 0.3) is 11.5 Å². The monoisotopic (exact) mass is 479 g/mol. The molecule has 35 heavy (non-hydrogen) atoms. The lowest BCUT2D eigenvalue weighted by molar-refractivity contribution is -0.145. The molecule has 182 valence electrons. The van der Waals surface area contributed by atoms with Gasteiger partial charge in [0.15, 0.2) is 11.5 Å². The fourth-order valence-corrected chi connectivity index (χ4v) is 4.44. The number of amides is 2. The van der Waals surface area contributed by atoms with Crippen molar-refractivity contribution in [2.75, 3.05) is 19.9 Å². The molecule has 1 aromatic carbocycles. The molecule has 4 heterocycles. The first kappa shape index (κ1) is 22.6. The lowest BCUT2D eigenvalue weighted by atomic mass is 9.93. The summed E-state index contributed by atoms with van der Waals surface area (Å²) in [5, 5.41) is 2.64. The Kier molecular flexibility index (Phi) is 5.72. The van der Waals surface area contributed by atoms with E-state index in [1.165, 1.54) is 4.90 Å². The van der Waals surface area contributed by atoms with Crippen molar-refractivity contribution in [3.8, 4) is 23.0 Å². The molecule has 0 fully saturated rings. The Balaban J connectivity index is 1.50. The summed E-state index contributed by atoms with van der Waals surface area (Å²) in [5.41, 5.74) is 0.587. The third-order valence-corrected chi connectivity index (χ3v) is 6.25. The third kappa shape index (κ3) is 4.01. The van der Waals surface area contributed by atoms with Crippen LogP contribution in [0.1, 0.15) is 29.9 Å². The number of carbonyl (C=O) groups excluding carboxylic acids is 3. The average molecular weight is 479 g/mol. The standard InChI is InChI=1S/C25H25N3O7/c1-3-32-22(29)12-26-24(31)25(2)14-27-17(19-5-4-10-33-19)7-8-18(27)23(30)28(25)13-16-6-9-20-21(11-16)35-15-34-20/h4-11H,3,12-15H2,1-2H3,(H,26,31)/t25-/m1/s1. The number of hydrogen-bond acceptors (Lipinski definition) is 7. The van der Waals surface area contributed by atoms with Crippen LogP contribution in [0.5, 0.6) is 11.5 Å². The van der Waals surface area contributed by atoms with Crippen molar-refractivity contribution in [2.24, 2.45) is 0 Å². The molecule has 1 atom stereocenters. The molecular weight excluding hydrogens is 454 g/mol. The number of benzene rings is 1. The zero-order valence-electron chi connectivity index (χ0n) is 19.4. The van der Waals surface area contributed by atoms with Gasteiger partial charge in [0.1, 0.15) is 23.5 Å². The highest BCUT2D eigenvalue weighted by atomic mass is 16.7. The normalized spacial score (nSPS) is 18.3. The number of aromatic nitrogens is 1. The van der Waals surface area contributed by atoms with Gasteiger partial charge in [-0.15, -0.1) is 0 Å². The number of fused-ring (bicyclic) bond motifs is 2. The number of furan rings is 1. The summed E-state index contributed by atoms with van der Waals surface area (Å²) in [4.78, 5) is 40.6. The van der Waals surface area contributed by atoms with Crippen molar-refractivity contribution in [3.05, 3.63) is 60.0 Å². The predicted octanol–water partition coefficient (Wildman–Crippen LogP) is 2.57. The van der Waals surface area contributed by atoms with Gasteiger partial charge in [-0.2, -0.15) is 0 Å². The van der Waals surface area contributed by atoms with Gasteiger partial charge in [0.2, 0.25) is 12.7 Å². The van der Waals surface area contributed by atoms with Crippen LogP contribution in [0.3, 0.4) is 0 Å². The summed E-state index contributed by atoms with van der Waals surface area (Å²) in [6.07, 6.45) is 1.55. The Morgan fingerprint density at radius 3 is 2.69 bits per heavy atom. The van der Waals surface area contributed by atoms with E-state index >= 15 is 0 Å². The highest BCUT2D eigenvalue weighted by Crippen LogP contribution is 2.36. The van der Waals surface area contributed by atoms with E-state index in [2.05, 4.69) is 5.32 Å². The Morgan fingerprint density at radius 1 is 1.11 bits per heavy atom. The Bertz CT molecular complexity index is 1280. The van der Waals surface area contributed by atoms with Gasteiger partial charge in [-0.25, -0.2) is 0 Å². The molecule has 2 aliphatic heterocycles. The molecule has 10 heteroatoms. The number of ether oxygens (including phenoxy) is 3. The minimum absolute atomic E-state index is 0.137. The van der Waals surface area contributed by atoms with Crippen molar-refractivity contribution >= 4 is 17.8 Å². The van der Waals surface area contributed by atoms with Gasteiger partial charge in [-0.3, -0.25) is 14.4 Å². The van der Waals surface area contributed by atoms with Gasteiger partial charge in [0, 0.05) is 6.54 Å². The van der Waals surface area contributed by atoms with Crippen LogP contribution in [-0.2, 0) is 27.4 Å². The summed E-state index contributed by atoms with van der Waals surface area (Å²) < 4.78 is 23.1. The summed E-state index contributed by atoms with van der Waals surface area (Å²) >= 11 is 0. The molecule has 0 saturated carbocycles. The second kappa shape index (κ2) is 8.86. The second-order valence-corrected chi connectivity index (χ2v) is 8.51. The summed E-state index contributed by atoms with van der Waals surface area (Å²) in [6, 6.07) is 12.5. The number of nitrogens with zero attached hydrogens (tertiary/aromatic N) is 2. The van der Waals surface area contributed by atoms with Gasteiger partial charge in [-0.1, -0.05) is 6.07 Å². The molecule has 5 rings (SSSR count). The maximum atomic E-state index is 13.7. The van der Waals surface area contributed by atoms with Gasteiger partial charge in [0.05, 0.1) is 25.1 Å².